The number of urea groups is 1. The van der Waals surface area contributed by atoms with Gasteiger partial charge in [0.25, 0.3) is 0 Å². The molecule has 0 saturated carbocycles. The summed E-state index contributed by atoms with van der Waals surface area (Å²) < 4.78 is 5.79. The SMILES string of the molecule is CC[C@@H](C)N(Cc1csc(COc2ccc(C)cc2)n1)C(=O)NC(C)C. The maximum atomic E-state index is 12.5. The molecule has 0 aliphatic carbocycles. The summed E-state index contributed by atoms with van der Waals surface area (Å²) in [4.78, 5) is 18.9. The summed E-state index contributed by atoms with van der Waals surface area (Å²) in [6.45, 7) is 11.1. The van der Waals surface area contributed by atoms with Crippen LogP contribution < -0.4 is 10.1 Å². The molecule has 2 amide bonds. The van der Waals surface area contributed by atoms with Crippen molar-refractivity contribution in [3.8, 4) is 5.75 Å². The van der Waals surface area contributed by atoms with Crippen molar-refractivity contribution in [3.05, 3.63) is 45.9 Å². The number of carbonyl (C=O) groups is 1. The van der Waals surface area contributed by atoms with E-state index in [-0.39, 0.29) is 18.1 Å². The second-order valence-electron chi connectivity index (χ2n) is 6.82. The zero-order valence-corrected chi connectivity index (χ0v) is 17.1. The highest BCUT2D eigenvalue weighted by atomic mass is 32.1. The average molecular weight is 376 g/mol. The fourth-order valence-electron chi connectivity index (χ4n) is 2.42. The topological polar surface area (TPSA) is 54.5 Å². The molecule has 0 unspecified atom stereocenters. The molecule has 1 aromatic heterocycles. The highest BCUT2D eigenvalue weighted by Gasteiger charge is 2.21. The summed E-state index contributed by atoms with van der Waals surface area (Å²) in [6.07, 6.45) is 0.902. The molecule has 0 aliphatic rings. The van der Waals surface area contributed by atoms with Gasteiger partial charge in [-0.25, -0.2) is 9.78 Å². The number of nitrogens with zero attached hydrogens (tertiary/aromatic N) is 2. The van der Waals surface area contributed by atoms with Crippen molar-refractivity contribution in [1.29, 1.82) is 0 Å². The highest BCUT2D eigenvalue weighted by Crippen LogP contribution is 2.18. The van der Waals surface area contributed by atoms with Gasteiger partial charge in [-0.05, 0) is 46.2 Å². The number of hydrogen-bond donors (Lipinski definition) is 1. The molecule has 5 nitrogen and oxygen atoms in total. The Morgan fingerprint density at radius 3 is 2.58 bits per heavy atom. The predicted molar refractivity (Wildman–Crippen MR) is 107 cm³/mol. The van der Waals surface area contributed by atoms with Gasteiger partial charge in [-0.2, -0.15) is 0 Å². The van der Waals surface area contributed by atoms with Gasteiger partial charge in [0, 0.05) is 17.5 Å². The molecule has 1 heterocycles. The first-order valence-electron chi connectivity index (χ1n) is 9.09. The predicted octanol–water partition coefficient (Wildman–Crippen LogP) is 4.75. The summed E-state index contributed by atoms with van der Waals surface area (Å²) in [7, 11) is 0. The van der Waals surface area contributed by atoms with Crippen LogP contribution in [0.4, 0.5) is 4.79 Å². The van der Waals surface area contributed by atoms with Crippen molar-refractivity contribution in [1.82, 2.24) is 15.2 Å². The van der Waals surface area contributed by atoms with E-state index >= 15 is 0 Å². The first kappa shape index (κ1) is 20.2. The lowest BCUT2D eigenvalue weighted by atomic mass is 10.2. The van der Waals surface area contributed by atoms with Crippen LogP contribution in [0.2, 0.25) is 0 Å². The van der Waals surface area contributed by atoms with Gasteiger partial charge >= 0.3 is 6.03 Å². The fourth-order valence-corrected chi connectivity index (χ4v) is 3.12. The molecule has 1 N–H and O–H groups in total. The molecule has 2 rings (SSSR count). The van der Waals surface area contributed by atoms with Gasteiger partial charge in [0.1, 0.15) is 17.4 Å². The number of aromatic nitrogens is 1. The van der Waals surface area contributed by atoms with Gasteiger partial charge in [0.15, 0.2) is 0 Å². The van der Waals surface area contributed by atoms with Crippen molar-refractivity contribution in [2.75, 3.05) is 0 Å². The van der Waals surface area contributed by atoms with E-state index in [0.717, 1.165) is 22.9 Å². The van der Waals surface area contributed by atoms with Crippen LogP contribution in [0, 0.1) is 6.92 Å². The summed E-state index contributed by atoms with van der Waals surface area (Å²) >= 11 is 1.56. The Balaban J connectivity index is 1.97. The van der Waals surface area contributed by atoms with Crippen LogP contribution in [-0.4, -0.2) is 28.0 Å². The quantitative estimate of drug-likeness (QED) is 0.724. The molecule has 2 aromatic rings. The summed E-state index contributed by atoms with van der Waals surface area (Å²) in [6, 6.07) is 8.21. The second kappa shape index (κ2) is 9.57. The minimum absolute atomic E-state index is 0.0418. The third-order valence-electron chi connectivity index (χ3n) is 4.11. The monoisotopic (exact) mass is 375 g/mol. The van der Waals surface area contributed by atoms with E-state index in [1.807, 2.05) is 48.4 Å². The number of aryl methyl sites for hydroxylation is 1. The van der Waals surface area contributed by atoms with E-state index in [1.54, 1.807) is 11.3 Å². The number of carbonyl (C=O) groups excluding carboxylic acids is 1. The van der Waals surface area contributed by atoms with E-state index < -0.39 is 0 Å². The molecule has 1 atom stereocenters. The molecule has 0 aliphatic heterocycles. The van der Waals surface area contributed by atoms with E-state index in [9.17, 15) is 4.79 Å². The minimum atomic E-state index is -0.0418. The number of nitrogens with one attached hydrogen (secondary N) is 1. The number of rotatable bonds is 8. The first-order valence-corrected chi connectivity index (χ1v) is 9.96. The van der Waals surface area contributed by atoms with Gasteiger partial charge in [0.2, 0.25) is 0 Å². The Labute approximate surface area is 160 Å². The van der Waals surface area contributed by atoms with Crippen LogP contribution in [0.1, 0.15) is 50.4 Å². The number of benzene rings is 1. The van der Waals surface area contributed by atoms with E-state index in [0.29, 0.717) is 13.2 Å². The lowest BCUT2D eigenvalue weighted by molar-refractivity contribution is 0.170. The van der Waals surface area contributed by atoms with Crippen LogP contribution in [-0.2, 0) is 13.2 Å². The molecule has 0 fully saturated rings. The van der Waals surface area contributed by atoms with Crippen molar-refractivity contribution in [2.24, 2.45) is 0 Å². The van der Waals surface area contributed by atoms with E-state index in [2.05, 4.69) is 31.1 Å². The summed E-state index contributed by atoms with van der Waals surface area (Å²) in [5.74, 6) is 0.838. The van der Waals surface area contributed by atoms with Gasteiger partial charge in [-0.3, -0.25) is 0 Å². The lowest BCUT2D eigenvalue weighted by Gasteiger charge is -2.29. The Kier molecular flexibility index (Phi) is 7.45. The van der Waals surface area contributed by atoms with E-state index in [4.69, 9.17) is 4.74 Å². The molecular formula is C20H29N3O2S. The molecule has 26 heavy (non-hydrogen) atoms. The van der Waals surface area contributed by atoms with Gasteiger partial charge in [-0.1, -0.05) is 24.6 Å². The van der Waals surface area contributed by atoms with Crippen LogP contribution in [0.5, 0.6) is 5.75 Å². The Bertz CT molecular complexity index is 697. The minimum Gasteiger partial charge on any atom is -0.486 e. The van der Waals surface area contributed by atoms with Crippen LogP contribution in [0.3, 0.4) is 0 Å². The van der Waals surface area contributed by atoms with Crippen molar-refractivity contribution < 1.29 is 9.53 Å². The smallest absolute Gasteiger partial charge is 0.318 e. The first-order chi connectivity index (χ1) is 12.4. The van der Waals surface area contributed by atoms with Crippen LogP contribution in [0.25, 0.3) is 0 Å². The summed E-state index contributed by atoms with van der Waals surface area (Å²) in [5.41, 5.74) is 2.11. The molecular weight excluding hydrogens is 346 g/mol. The third kappa shape index (κ3) is 6.02. The van der Waals surface area contributed by atoms with Crippen LogP contribution in [0.15, 0.2) is 29.6 Å². The van der Waals surface area contributed by atoms with Crippen molar-refractivity contribution >= 4 is 17.4 Å². The molecule has 0 radical (unpaired) electrons. The highest BCUT2D eigenvalue weighted by molar-refractivity contribution is 7.09. The number of hydrogen-bond acceptors (Lipinski definition) is 4. The largest absolute Gasteiger partial charge is 0.486 e. The van der Waals surface area contributed by atoms with Crippen molar-refractivity contribution in [2.45, 2.75) is 66.3 Å². The molecule has 0 bridgehead atoms. The Hall–Kier alpha value is -2.08. The second-order valence-corrected chi connectivity index (χ2v) is 7.77. The van der Waals surface area contributed by atoms with Gasteiger partial charge < -0.3 is 15.0 Å². The number of amides is 2. The lowest BCUT2D eigenvalue weighted by Crippen LogP contribution is -2.46. The van der Waals surface area contributed by atoms with Crippen LogP contribution >= 0.6 is 11.3 Å². The molecule has 0 spiro atoms. The average Bonchev–Trinajstić information content (AvgIpc) is 3.05. The standard InChI is InChI=1S/C20H29N3O2S/c1-6-16(5)23(20(24)21-14(2)3)11-17-13-26-19(22-17)12-25-18-9-7-15(4)8-10-18/h7-10,13-14,16H,6,11-12H2,1-5H3,(H,21,24)/t16-/m1/s1. The maximum Gasteiger partial charge on any atom is 0.318 e. The van der Waals surface area contributed by atoms with Gasteiger partial charge in [-0.15, -0.1) is 11.3 Å². The Morgan fingerprint density at radius 2 is 1.96 bits per heavy atom. The number of thiazole rings is 1. The zero-order valence-electron chi connectivity index (χ0n) is 16.3. The molecule has 142 valence electrons. The molecule has 6 heteroatoms. The maximum absolute atomic E-state index is 12.5. The summed E-state index contributed by atoms with van der Waals surface area (Å²) in [5, 5.41) is 5.89. The van der Waals surface area contributed by atoms with Crippen molar-refractivity contribution in [3.63, 3.8) is 0 Å². The fraction of sp³-hybridized carbons (Fsp3) is 0.500. The third-order valence-corrected chi connectivity index (χ3v) is 4.98. The normalized spacial score (nSPS) is 12.1. The molecule has 1 aromatic carbocycles. The molecule has 0 saturated heterocycles. The van der Waals surface area contributed by atoms with E-state index in [1.165, 1.54) is 5.56 Å². The number of ether oxygens (including phenoxy) is 1. The zero-order chi connectivity index (χ0) is 19.1. The Morgan fingerprint density at radius 1 is 1.27 bits per heavy atom. The van der Waals surface area contributed by atoms with Gasteiger partial charge in [0.05, 0.1) is 12.2 Å².